The van der Waals surface area contributed by atoms with Crippen molar-refractivity contribution >= 4 is 23.9 Å². The number of hydrogen-bond donors (Lipinski definition) is 0. The average Bonchev–Trinajstić information content (AvgIpc) is 1.00. The quantitative estimate of drug-likeness (QED) is 0.412. The van der Waals surface area contributed by atoms with Crippen LogP contribution in [0.1, 0.15) is 0 Å². The van der Waals surface area contributed by atoms with Crippen molar-refractivity contribution < 1.29 is 72.6 Å². The first-order valence-corrected chi connectivity index (χ1v) is 1.36. The van der Waals surface area contributed by atoms with Crippen LogP contribution >= 0.6 is 0 Å². The summed E-state index contributed by atoms with van der Waals surface area (Å²) in [5.74, 6) is 0. The van der Waals surface area contributed by atoms with E-state index >= 15 is 0 Å². The summed E-state index contributed by atoms with van der Waals surface area (Å²) < 4.78 is 8.33. The Morgan fingerprint density at radius 1 is 1.25 bits per heavy atom. The van der Waals surface area contributed by atoms with Crippen molar-refractivity contribution in [1.82, 2.24) is 0 Å². The van der Waals surface area contributed by atoms with Gasteiger partial charge in [-0.15, -0.1) is 0 Å². The van der Waals surface area contributed by atoms with Gasteiger partial charge < -0.3 is 0 Å². The van der Waals surface area contributed by atoms with Crippen LogP contribution in [-0.4, -0.2) is 23.9 Å². The summed E-state index contributed by atoms with van der Waals surface area (Å²) in [7, 11) is 0. The Balaban J connectivity index is -0.00000000500. The van der Waals surface area contributed by atoms with Gasteiger partial charge in [-0.05, 0) is 0 Å². The van der Waals surface area contributed by atoms with Gasteiger partial charge in [-0.1, -0.05) is 0 Å². The van der Waals surface area contributed by atoms with Gasteiger partial charge in [0.05, 0.1) is 0 Å². The normalized spacial score (nSPS) is 1.00. The van der Waals surface area contributed by atoms with Crippen molar-refractivity contribution in [2.75, 3.05) is 0 Å². The minimum absolute atomic E-state index is 0. The van der Waals surface area contributed by atoms with Gasteiger partial charge in [0, 0.05) is 49.4 Å². The zero-order valence-electron chi connectivity index (χ0n) is 1.90. The first kappa shape index (κ1) is 15.8. The van der Waals surface area contributed by atoms with Gasteiger partial charge in [-0.25, -0.2) is 0 Å². The molecule has 3 radical (unpaired) electrons. The fourth-order valence-electron chi connectivity index (χ4n) is 0. The molecule has 0 atom stereocenters. The molecule has 4 heavy (non-hydrogen) atoms. The number of rotatable bonds is 0. The molecule has 0 aliphatic rings. The molecule has 0 bridgehead atoms. The predicted molar refractivity (Wildman–Crippen MR) is 9.23 cm³/mol. The van der Waals surface area contributed by atoms with E-state index in [2.05, 4.69) is 0 Å². The molecule has 0 rings (SSSR count). The van der Waals surface area contributed by atoms with Crippen molar-refractivity contribution in [3.05, 3.63) is 0 Å². The maximum atomic E-state index is 8.33. The Morgan fingerprint density at radius 2 is 1.25 bits per heavy atom. The summed E-state index contributed by atoms with van der Waals surface area (Å²) >= 11 is 0.333. The Bertz CT molecular complexity index is 8.00. The van der Waals surface area contributed by atoms with Gasteiger partial charge in [0.25, 0.3) is 0 Å². The molecule has 0 N–H and O–H groups in total. The average molecular weight is 473 g/mol. The Morgan fingerprint density at radius 3 is 1.25 bits per heavy atom. The molecule has 0 aliphatic heterocycles. The molecule has 0 heterocycles. The summed E-state index contributed by atoms with van der Waals surface area (Å²) in [6, 6.07) is 0. The minimum atomic E-state index is 0. The first-order chi connectivity index (χ1) is 1.00. The monoisotopic (exact) mass is 475 g/mol. The van der Waals surface area contributed by atoms with E-state index < -0.39 is 0 Å². The summed E-state index contributed by atoms with van der Waals surface area (Å²) in [5, 5.41) is 0. The summed E-state index contributed by atoms with van der Waals surface area (Å²) in [6.45, 7) is 0. The van der Waals surface area contributed by atoms with E-state index in [1.807, 2.05) is 0 Å². The van der Waals surface area contributed by atoms with E-state index in [0.29, 0.717) is 19.8 Å². The van der Waals surface area contributed by atoms with Gasteiger partial charge in [-0.3, -0.25) is 0 Å². The van der Waals surface area contributed by atoms with Crippen LogP contribution in [0.3, 0.4) is 0 Å². The molecule has 0 fully saturated rings. The predicted octanol–water partition coefficient (Wildman–Crippen LogP) is -1.04. The van der Waals surface area contributed by atoms with Crippen molar-refractivity contribution in [3.8, 4) is 0 Å². The summed E-state index contributed by atoms with van der Waals surface area (Å²) in [6.07, 6.45) is 0. The number of hydrogen-bond acceptors (Lipinski definition) is 1. The molecule has 4 heteroatoms. The standard InChI is InChI=1S/Eu.O.Sn.W.2H. The third-order valence-electron chi connectivity index (χ3n) is 0. The molecule has 0 aromatic carbocycles. The SMILES string of the molecule is [Eu].[O]=[W].[SnH2]. The molecule has 0 aromatic rings. The maximum absolute atomic E-state index is 8.33. The van der Waals surface area contributed by atoms with E-state index in [0.717, 1.165) is 0 Å². The first-order valence-electron chi connectivity index (χ1n) is 0.167. The van der Waals surface area contributed by atoms with Gasteiger partial charge in [0.15, 0.2) is 0 Å². The Labute approximate surface area is 94.0 Å². The third-order valence-corrected chi connectivity index (χ3v) is 0. The molecule has 0 saturated carbocycles. The van der Waals surface area contributed by atoms with Crippen LogP contribution in [0.2, 0.25) is 0 Å². The molecular formula is H2EuOSnW. The molecule has 0 saturated heterocycles. The van der Waals surface area contributed by atoms with Crippen LogP contribution in [0, 0.1) is 49.4 Å². The topological polar surface area (TPSA) is 17.1 Å². The van der Waals surface area contributed by atoms with E-state index in [4.69, 9.17) is 3.40 Å². The fraction of sp³-hybridized carbons (Fsp3) is 0. The second-order valence-electron chi connectivity index (χ2n) is 0. The van der Waals surface area contributed by atoms with Crippen LogP contribution < -0.4 is 0 Å². The summed E-state index contributed by atoms with van der Waals surface area (Å²) in [5.41, 5.74) is 0. The molecule has 0 aromatic heterocycles. The van der Waals surface area contributed by atoms with Gasteiger partial charge in [-0.2, -0.15) is 0 Å². The second kappa shape index (κ2) is 16.9. The van der Waals surface area contributed by atoms with E-state index in [-0.39, 0.29) is 73.3 Å². The van der Waals surface area contributed by atoms with E-state index in [1.165, 1.54) is 0 Å². The van der Waals surface area contributed by atoms with Crippen LogP contribution in [0.5, 0.6) is 0 Å². The van der Waals surface area contributed by atoms with Crippen LogP contribution in [0.4, 0.5) is 0 Å². The second-order valence-corrected chi connectivity index (χ2v) is 0. The molecule has 1 nitrogen and oxygen atoms in total. The molecule has 0 aliphatic carbocycles. The van der Waals surface area contributed by atoms with Crippen molar-refractivity contribution in [2.45, 2.75) is 0 Å². The molecular weight excluding hydrogens is 471 g/mol. The molecule has 25 valence electrons. The van der Waals surface area contributed by atoms with Crippen molar-refractivity contribution in [1.29, 1.82) is 0 Å². The van der Waals surface area contributed by atoms with Crippen molar-refractivity contribution in [3.63, 3.8) is 0 Å². The van der Waals surface area contributed by atoms with Crippen LogP contribution in [0.15, 0.2) is 0 Å². The molecule has 0 amide bonds. The van der Waals surface area contributed by atoms with E-state index in [1.54, 1.807) is 0 Å². The molecule has 0 spiro atoms. The zero-order valence-corrected chi connectivity index (χ0v) is 11.3. The Hall–Kier alpha value is 2.87. The van der Waals surface area contributed by atoms with Gasteiger partial charge in [0.2, 0.25) is 0 Å². The van der Waals surface area contributed by atoms with E-state index in [9.17, 15) is 0 Å². The van der Waals surface area contributed by atoms with Gasteiger partial charge >= 0.3 is 47.1 Å². The van der Waals surface area contributed by atoms with Crippen LogP contribution in [0.25, 0.3) is 0 Å². The van der Waals surface area contributed by atoms with Crippen molar-refractivity contribution in [2.24, 2.45) is 0 Å². The van der Waals surface area contributed by atoms with Gasteiger partial charge in [0.1, 0.15) is 0 Å². The van der Waals surface area contributed by atoms with Crippen LogP contribution in [-0.2, 0) is 23.2 Å². The third kappa shape index (κ3) is 8.86. The zero-order chi connectivity index (χ0) is 2.00. The fourth-order valence-corrected chi connectivity index (χ4v) is 0. The summed E-state index contributed by atoms with van der Waals surface area (Å²) in [4.78, 5) is 0. The molecule has 0 unspecified atom stereocenters. The Kier molecular flexibility index (Phi) is 66.8.